The summed E-state index contributed by atoms with van der Waals surface area (Å²) in [6, 6.07) is 1.68. The molecule has 72 valence electrons. The lowest BCUT2D eigenvalue weighted by Crippen LogP contribution is -1.83. The standard InChI is InChI=1S/C6H6ClNO.C2H4O2/c1-9-6-4-8-3-2-5(6)7;1-4-2-3/h2-4H,1H3;2H,1H3. The fourth-order valence-electron chi connectivity index (χ4n) is 0.513. The molecule has 5 heteroatoms. The molecule has 0 aliphatic carbocycles. The first kappa shape index (κ1) is 11.7. The summed E-state index contributed by atoms with van der Waals surface area (Å²) in [7, 11) is 2.87. The predicted molar refractivity (Wildman–Crippen MR) is 48.9 cm³/mol. The quantitative estimate of drug-likeness (QED) is 0.684. The highest BCUT2D eigenvalue weighted by Crippen LogP contribution is 2.20. The molecular weight excluding hydrogens is 194 g/mol. The van der Waals surface area contributed by atoms with Gasteiger partial charge in [-0.25, -0.2) is 0 Å². The fourth-order valence-corrected chi connectivity index (χ4v) is 0.695. The van der Waals surface area contributed by atoms with E-state index >= 15 is 0 Å². The number of aromatic nitrogens is 1. The number of hydrogen-bond donors (Lipinski definition) is 0. The lowest BCUT2D eigenvalue weighted by molar-refractivity contribution is -0.126. The van der Waals surface area contributed by atoms with E-state index in [4.69, 9.17) is 21.1 Å². The Balaban J connectivity index is 0.000000310. The molecule has 4 nitrogen and oxygen atoms in total. The van der Waals surface area contributed by atoms with Crippen molar-refractivity contribution in [2.24, 2.45) is 0 Å². The molecule has 0 unspecified atom stereocenters. The van der Waals surface area contributed by atoms with Crippen LogP contribution in [-0.4, -0.2) is 25.7 Å². The van der Waals surface area contributed by atoms with Gasteiger partial charge in [0.2, 0.25) is 0 Å². The molecule has 1 aromatic rings. The topological polar surface area (TPSA) is 48.4 Å². The van der Waals surface area contributed by atoms with E-state index in [-0.39, 0.29) is 0 Å². The number of carbonyl (C=O) groups is 1. The number of rotatable bonds is 2. The highest BCUT2D eigenvalue weighted by molar-refractivity contribution is 6.31. The largest absolute Gasteiger partial charge is 0.494 e. The van der Waals surface area contributed by atoms with Crippen LogP contribution >= 0.6 is 11.6 Å². The maximum atomic E-state index is 8.95. The molecule has 0 aromatic carbocycles. The number of pyridine rings is 1. The van der Waals surface area contributed by atoms with Crippen molar-refractivity contribution in [2.75, 3.05) is 14.2 Å². The van der Waals surface area contributed by atoms with Gasteiger partial charge in [0.25, 0.3) is 6.47 Å². The van der Waals surface area contributed by atoms with Crippen molar-refractivity contribution in [3.63, 3.8) is 0 Å². The molecule has 0 radical (unpaired) electrons. The lowest BCUT2D eigenvalue weighted by Gasteiger charge is -1.97. The Morgan fingerprint density at radius 1 is 1.54 bits per heavy atom. The summed E-state index contributed by atoms with van der Waals surface area (Å²) in [5, 5.41) is 0.590. The lowest BCUT2D eigenvalue weighted by atomic mass is 10.5. The molecule has 1 rings (SSSR count). The number of carbonyl (C=O) groups excluding carboxylic acids is 1. The smallest absolute Gasteiger partial charge is 0.292 e. The van der Waals surface area contributed by atoms with E-state index in [9.17, 15) is 0 Å². The van der Waals surface area contributed by atoms with Crippen LogP contribution in [0.2, 0.25) is 5.02 Å². The third kappa shape index (κ3) is 5.03. The first-order valence-electron chi connectivity index (χ1n) is 3.36. The summed E-state index contributed by atoms with van der Waals surface area (Å²) < 4.78 is 8.71. The van der Waals surface area contributed by atoms with Gasteiger partial charge in [-0.1, -0.05) is 11.6 Å². The van der Waals surface area contributed by atoms with Crippen molar-refractivity contribution < 1.29 is 14.3 Å². The highest BCUT2D eigenvalue weighted by Gasteiger charge is 1.94. The minimum absolute atomic E-state index is 0.375. The zero-order chi connectivity index (χ0) is 10.1. The van der Waals surface area contributed by atoms with E-state index in [2.05, 4.69) is 9.72 Å². The van der Waals surface area contributed by atoms with E-state index in [1.807, 2.05) is 0 Å². The van der Waals surface area contributed by atoms with Crippen LogP contribution in [0.1, 0.15) is 0 Å². The van der Waals surface area contributed by atoms with Crippen LogP contribution in [0.4, 0.5) is 0 Å². The minimum Gasteiger partial charge on any atom is -0.494 e. The summed E-state index contributed by atoms with van der Waals surface area (Å²) in [6.45, 7) is 0.375. The maximum Gasteiger partial charge on any atom is 0.292 e. The second kappa shape index (κ2) is 7.36. The maximum absolute atomic E-state index is 8.95. The monoisotopic (exact) mass is 203 g/mol. The van der Waals surface area contributed by atoms with Crippen LogP contribution in [0.25, 0.3) is 0 Å². The number of ether oxygens (including phenoxy) is 2. The van der Waals surface area contributed by atoms with Gasteiger partial charge in [-0.3, -0.25) is 9.78 Å². The van der Waals surface area contributed by atoms with Gasteiger partial charge < -0.3 is 9.47 Å². The van der Waals surface area contributed by atoms with Crippen LogP contribution in [0, 0.1) is 0 Å². The Hall–Kier alpha value is -1.29. The molecule has 0 spiro atoms. The number of nitrogens with zero attached hydrogens (tertiary/aromatic N) is 1. The van der Waals surface area contributed by atoms with Crippen molar-refractivity contribution in [1.82, 2.24) is 4.98 Å². The highest BCUT2D eigenvalue weighted by atomic mass is 35.5. The van der Waals surface area contributed by atoms with Crippen LogP contribution in [0.5, 0.6) is 5.75 Å². The fraction of sp³-hybridized carbons (Fsp3) is 0.250. The summed E-state index contributed by atoms with van der Waals surface area (Å²) in [6.07, 6.45) is 3.19. The Bertz CT molecular complexity index is 255. The zero-order valence-electron chi connectivity index (χ0n) is 7.36. The Labute approximate surface area is 81.4 Å². The molecule has 1 aromatic heterocycles. The van der Waals surface area contributed by atoms with E-state index in [0.29, 0.717) is 17.2 Å². The third-order valence-corrected chi connectivity index (χ3v) is 1.36. The molecule has 0 saturated heterocycles. The van der Waals surface area contributed by atoms with E-state index in [1.165, 1.54) is 7.11 Å². The molecule has 0 N–H and O–H groups in total. The Morgan fingerprint density at radius 2 is 2.15 bits per heavy atom. The number of hydrogen-bond acceptors (Lipinski definition) is 4. The molecule has 1 heterocycles. The molecular formula is C8H10ClNO3. The molecule has 0 saturated carbocycles. The SMILES string of the molecule is COC=O.COc1cnccc1Cl. The summed E-state index contributed by atoms with van der Waals surface area (Å²) in [5.74, 6) is 0.610. The molecule has 0 bridgehead atoms. The van der Waals surface area contributed by atoms with Gasteiger partial charge in [0.1, 0.15) is 0 Å². The molecule has 0 fully saturated rings. The first-order chi connectivity index (χ1) is 6.26. The van der Waals surface area contributed by atoms with Crippen LogP contribution in [-0.2, 0) is 9.53 Å². The molecule has 0 amide bonds. The molecule has 0 aliphatic rings. The predicted octanol–water partition coefficient (Wildman–Crippen LogP) is 1.53. The van der Waals surface area contributed by atoms with Crippen LogP contribution < -0.4 is 4.74 Å². The van der Waals surface area contributed by atoms with Crippen molar-refractivity contribution in [3.8, 4) is 5.75 Å². The van der Waals surface area contributed by atoms with Crippen LogP contribution in [0.3, 0.4) is 0 Å². The van der Waals surface area contributed by atoms with Gasteiger partial charge >= 0.3 is 0 Å². The second-order valence-corrected chi connectivity index (χ2v) is 2.25. The van der Waals surface area contributed by atoms with Gasteiger partial charge in [0.15, 0.2) is 5.75 Å². The van der Waals surface area contributed by atoms with Crippen molar-refractivity contribution >= 4 is 18.1 Å². The average molecular weight is 204 g/mol. The van der Waals surface area contributed by atoms with Crippen molar-refractivity contribution in [1.29, 1.82) is 0 Å². The molecule has 13 heavy (non-hydrogen) atoms. The average Bonchev–Trinajstić information content (AvgIpc) is 2.19. The summed E-state index contributed by atoms with van der Waals surface area (Å²) >= 11 is 5.66. The first-order valence-corrected chi connectivity index (χ1v) is 3.74. The van der Waals surface area contributed by atoms with Gasteiger partial charge in [-0.05, 0) is 6.07 Å². The number of halogens is 1. The Morgan fingerprint density at radius 3 is 2.46 bits per heavy atom. The summed E-state index contributed by atoms with van der Waals surface area (Å²) in [5.41, 5.74) is 0. The van der Waals surface area contributed by atoms with Crippen LogP contribution in [0.15, 0.2) is 18.5 Å². The van der Waals surface area contributed by atoms with Gasteiger partial charge in [0, 0.05) is 6.20 Å². The second-order valence-electron chi connectivity index (χ2n) is 1.84. The minimum atomic E-state index is 0.375. The normalized spacial score (nSPS) is 7.92. The van der Waals surface area contributed by atoms with E-state index in [0.717, 1.165) is 0 Å². The zero-order valence-corrected chi connectivity index (χ0v) is 8.12. The van der Waals surface area contributed by atoms with Crippen molar-refractivity contribution in [2.45, 2.75) is 0 Å². The Kier molecular flexibility index (Phi) is 6.63. The van der Waals surface area contributed by atoms with Gasteiger partial charge in [0.05, 0.1) is 25.4 Å². The third-order valence-electron chi connectivity index (χ3n) is 1.05. The summed E-state index contributed by atoms with van der Waals surface area (Å²) in [4.78, 5) is 12.8. The van der Waals surface area contributed by atoms with E-state index < -0.39 is 0 Å². The van der Waals surface area contributed by atoms with Gasteiger partial charge in [-0.15, -0.1) is 0 Å². The number of methoxy groups -OCH3 is 2. The van der Waals surface area contributed by atoms with Crippen molar-refractivity contribution in [3.05, 3.63) is 23.5 Å². The van der Waals surface area contributed by atoms with Gasteiger partial charge in [-0.2, -0.15) is 0 Å². The molecule has 0 atom stereocenters. The molecule has 0 aliphatic heterocycles. The van der Waals surface area contributed by atoms with E-state index in [1.54, 1.807) is 25.6 Å².